The van der Waals surface area contributed by atoms with Gasteiger partial charge < -0.3 is 15.6 Å². The molecule has 0 radical (unpaired) electrons. The molecule has 1 rings (SSSR count). The van der Waals surface area contributed by atoms with E-state index < -0.39 is 5.82 Å². The number of aromatic hydroxyl groups is 1. The first-order chi connectivity index (χ1) is 6.15. The molecular formula is C9H12FNO2. The van der Waals surface area contributed by atoms with Gasteiger partial charge in [-0.3, -0.25) is 0 Å². The highest BCUT2D eigenvalue weighted by molar-refractivity contribution is 5.29. The minimum atomic E-state index is -0.663. The molecule has 0 saturated heterocycles. The number of ether oxygens (including phenoxy) is 1. The predicted octanol–water partition coefficient (Wildman–Crippen LogP) is 1.18. The number of rotatable bonds is 3. The van der Waals surface area contributed by atoms with Crippen LogP contribution in [0.5, 0.6) is 5.75 Å². The predicted molar refractivity (Wildman–Crippen MR) is 46.9 cm³/mol. The van der Waals surface area contributed by atoms with Crippen molar-refractivity contribution in [2.45, 2.75) is 6.04 Å². The number of benzene rings is 1. The van der Waals surface area contributed by atoms with E-state index in [1.54, 1.807) is 6.07 Å². The van der Waals surface area contributed by atoms with Gasteiger partial charge in [0.05, 0.1) is 12.6 Å². The van der Waals surface area contributed by atoms with Crippen LogP contribution in [0.1, 0.15) is 11.6 Å². The van der Waals surface area contributed by atoms with Crippen molar-refractivity contribution in [3.05, 3.63) is 29.6 Å². The van der Waals surface area contributed by atoms with Crippen LogP contribution >= 0.6 is 0 Å². The van der Waals surface area contributed by atoms with Crippen LogP contribution in [0.15, 0.2) is 18.2 Å². The second kappa shape index (κ2) is 4.20. The maximum Gasteiger partial charge on any atom is 0.165 e. The molecule has 1 aromatic carbocycles. The summed E-state index contributed by atoms with van der Waals surface area (Å²) in [5.74, 6) is -1.03. The summed E-state index contributed by atoms with van der Waals surface area (Å²) in [5, 5.41) is 8.91. The Bertz CT molecular complexity index is 291. The second-order valence-corrected chi connectivity index (χ2v) is 2.77. The van der Waals surface area contributed by atoms with Gasteiger partial charge in [0.1, 0.15) is 0 Å². The fourth-order valence-corrected chi connectivity index (χ4v) is 1.03. The van der Waals surface area contributed by atoms with Gasteiger partial charge in [-0.2, -0.15) is 0 Å². The van der Waals surface area contributed by atoms with E-state index in [-0.39, 0.29) is 11.8 Å². The van der Waals surface area contributed by atoms with E-state index in [2.05, 4.69) is 0 Å². The van der Waals surface area contributed by atoms with Gasteiger partial charge in [0.2, 0.25) is 0 Å². The Balaban J connectivity index is 2.84. The van der Waals surface area contributed by atoms with Crippen molar-refractivity contribution in [3.63, 3.8) is 0 Å². The minimum Gasteiger partial charge on any atom is -0.505 e. The van der Waals surface area contributed by atoms with Crippen LogP contribution in [0, 0.1) is 5.82 Å². The first-order valence-electron chi connectivity index (χ1n) is 3.88. The molecule has 0 unspecified atom stereocenters. The minimum absolute atomic E-state index is 0.324. The number of halogens is 1. The Morgan fingerprint density at radius 3 is 2.85 bits per heavy atom. The lowest BCUT2D eigenvalue weighted by Gasteiger charge is -2.10. The highest BCUT2D eigenvalue weighted by atomic mass is 19.1. The number of methoxy groups -OCH3 is 1. The molecule has 0 fully saturated rings. The van der Waals surface area contributed by atoms with E-state index in [0.29, 0.717) is 12.2 Å². The van der Waals surface area contributed by atoms with E-state index in [1.807, 2.05) is 0 Å². The van der Waals surface area contributed by atoms with Crippen molar-refractivity contribution in [1.29, 1.82) is 0 Å². The van der Waals surface area contributed by atoms with Gasteiger partial charge in [-0.1, -0.05) is 6.07 Å². The lowest BCUT2D eigenvalue weighted by Crippen LogP contribution is -2.16. The Kier molecular flexibility index (Phi) is 3.22. The summed E-state index contributed by atoms with van der Waals surface area (Å²) in [7, 11) is 1.52. The molecule has 3 N–H and O–H groups in total. The molecule has 0 heterocycles. The highest BCUT2D eigenvalue weighted by Gasteiger charge is 2.08. The lowest BCUT2D eigenvalue weighted by molar-refractivity contribution is 0.181. The van der Waals surface area contributed by atoms with Crippen molar-refractivity contribution >= 4 is 0 Å². The molecule has 3 nitrogen and oxygen atoms in total. The van der Waals surface area contributed by atoms with Gasteiger partial charge >= 0.3 is 0 Å². The average molecular weight is 185 g/mol. The molecule has 72 valence electrons. The molecule has 13 heavy (non-hydrogen) atoms. The maximum atomic E-state index is 12.8. The molecule has 0 aromatic heterocycles. The lowest BCUT2D eigenvalue weighted by atomic mass is 10.1. The molecule has 4 heteroatoms. The summed E-state index contributed by atoms with van der Waals surface area (Å²) in [5.41, 5.74) is 6.26. The van der Waals surface area contributed by atoms with Crippen LogP contribution in [0.4, 0.5) is 4.39 Å². The number of phenols is 1. The largest absolute Gasteiger partial charge is 0.505 e. The number of hydrogen-bond donors (Lipinski definition) is 2. The zero-order valence-electron chi connectivity index (χ0n) is 7.33. The highest BCUT2D eigenvalue weighted by Crippen LogP contribution is 2.19. The molecule has 0 bridgehead atoms. The molecule has 0 spiro atoms. The number of nitrogens with two attached hydrogens (primary N) is 1. The Labute approximate surface area is 75.9 Å². The standard InChI is InChI=1S/C9H12FNO2/c1-13-5-8(11)6-2-3-9(12)7(10)4-6/h2-4,8,12H,5,11H2,1H3/t8-/m0/s1. The third-order valence-electron chi connectivity index (χ3n) is 1.75. The smallest absolute Gasteiger partial charge is 0.165 e. The molecular weight excluding hydrogens is 173 g/mol. The van der Waals surface area contributed by atoms with Crippen molar-refractivity contribution in [1.82, 2.24) is 0 Å². The van der Waals surface area contributed by atoms with E-state index in [0.717, 1.165) is 0 Å². The summed E-state index contributed by atoms with van der Waals surface area (Å²) in [6, 6.07) is 3.70. The Hall–Kier alpha value is -1.13. The maximum absolute atomic E-state index is 12.8. The van der Waals surface area contributed by atoms with Crippen molar-refractivity contribution < 1.29 is 14.2 Å². The summed E-state index contributed by atoms with van der Waals surface area (Å²) in [6.45, 7) is 0.324. The molecule has 0 aliphatic heterocycles. The fraction of sp³-hybridized carbons (Fsp3) is 0.333. The Morgan fingerprint density at radius 2 is 2.31 bits per heavy atom. The zero-order chi connectivity index (χ0) is 9.84. The van der Waals surface area contributed by atoms with Crippen LogP contribution in [0.3, 0.4) is 0 Å². The molecule has 0 saturated carbocycles. The first-order valence-corrected chi connectivity index (χ1v) is 3.88. The van der Waals surface area contributed by atoms with Crippen molar-refractivity contribution in [3.8, 4) is 5.75 Å². The van der Waals surface area contributed by atoms with Crippen molar-refractivity contribution in [2.75, 3.05) is 13.7 Å². The normalized spacial score (nSPS) is 12.8. The molecule has 1 atom stereocenters. The molecule has 0 aliphatic rings. The van der Waals surface area contributed by atoms with Gasteiger partial charge in [0.15, 0.2) is 11.6 Å². The molecule has 0 amide bonds. The molecule has 0 aliphatic carbocycles. The van der Waals surface area contributed by atoms with Gasteiger partial charge in [-0.25, -0.2) is 4.39 Å². The number of hydrogen-bond acceptors (Lipinski definition) is 3. The van der Waals surface area contributed by atoms with E-state index in [1.165, 1.54) is 19.2 Å². The van der Waals surface area contributed by atoms with Gasteiger partial charge in [-0.05, 0) is 17.7 Å². The van der Waals surface area contributed by atoms with Crippen LogP contribution in [0.25, 0.3) is 0 Å². The van der Waals surface area contributed by atoms with Crippen LogP contribution < -0.4 is 5.73 Å². The summed E-state index contributed by atoms with van der Waals surface area (Å²) < 4.78 is 17.7. The summed E-state index contributed by atoms with van der Waals surface area (Å²) >= 11 is 0. The van der Waals surface area contributed by atoms with Crippen LogP contribution in [-0.4, -0.2) is 18.8 Å². The monoisotopic (exact) mass is 185 g/mol. The SMILES string of the molecule is COC[C@H](N)c1ccc(O)c(F)c1. The molecule has 1 aromatic rings. The second-order valence-electron chi connectivity index (χ2n) is 2.77. The Morgan fingerprint density at radius 1 is 1.62 bits per heavy atom. The third kappa shape index (κ3) is 2.40. The topological polar surface area (TPSA) is 55.5 Å². The van der Waals surface area contributed by atoms with Crippen molar-refractivity contribution in [2.24, 2.45) is 5.73 Å². The first kappa shape index (κ1) is 9.95. The zero-order valence-corrected chi connectivity index (χ0v) is 7.33. The van der Waals surface area contributed by atoms with Crippen LogP contribution in [-0.2, 0) is 4.74 Å². The van der Waals surface area contributed by atoms with Gasteiger partial charge in [-0.15, -0.1) is 0 Å². The average Bonchev–Trinajstić information content (AvgIpc) is 2.10. The summed E-state index contributed by atoms with van der Waals surface area (Å²) in [4.78, 5) is 0. The van der Waals surface area contributed by atoms with E-state index >= 15 is 0 Å². The van der Waals surface area contributed by atoms with Crippen LogP contribution in [0.2, 0.25) is 0 Å². The van der Waals surface area contributed by atoms with Gasteiger partial charge in [0, 0.05) is 7.11 Å². The third-order valence-corrected chi connectivity index (χ3v) is 1.75. The van der Waals surface area contributed by atoms with E-state index in [4.69, 9.17) is 15.6 Å². The number of phenolic OH excluding ortho intramolecular Hbond substituents is 1. The van der Waals surface area contributed by atoms with E-state index in [9.17, 15) is 4.39 Å². The van der Waals surface area contributed by atoms with Gasteiger partial charge in [0.25, 0.3) is 0 Å². The summed E-state index contributed by atoms with van der Waals surface area (Å²) in [6.07, 6.45) is 0. The quantitative estimate of drug-likeness (QED) is 0.743. The fourth-order valence-electron chi connectivity index (χ4n) is 1.03.